The molecule has 0 fully saturated rings. The Kier molecular flexibility index (Phi) is 27.1. The van der Waals surface area contributed by atoms with Crippen molar-refractivity contribution in [1.82, 2.24) is 42.5 Å². The number of hydrogen-bond acceptors (Lipinski definition) is 14. The number of carboxylic acids is 3. The third-order valence-corrected chi connectivity index (χ3v) is 11.0. The van der Waals surface area contributed by atoms with Gasteiger partial charge in [-0.15, -0.1) is 0 Å². The van der Waals surface area contributed by atoms with Crippen LogP contribution in [0.2, 0.25) is 0 Å². The Morgan fingerprint density at radius 1 is 0.448 bits per heavy atom. The van der Waals surface area contributed by atoms with Gasteiger partial charge < -0.3 is 74.4 Å². The van der Waals surface area contributed by atoms with E-state index in [0.717, 1.165) is 6.92 Å². The molecule has 0 aromatic heterocycles. The molecule has 0 radical (unpaired) electrons. The van der Waals surface area contributed by atoms with Crippen molar-refractivity contribution in [1.29, 1.82) is 0 Å². The summed E-state index contributed by atoms with van der Waals surface area (Å²) in [7, 11) is 0. The molecule has 0 aliphatic rings. The first-order chi connectivity index (χ1) is 31.1. The Balaban J connectivity index is 6.24. The zero-order valence-electron chi connectivity index (χ0n) is 39.1. The van der Waals surface area contributed by atoms with Gasteiger partial charge in [-0.1, -0.05) is 60.8 Å². The molecule has 0 rings (SSSR count). The standard InChI is InChI=1S/C41H70N10O16/c1-9-18(4)30(43)38(63)47-24(13-15-29(56)57)34(59)46-23(12-14-28(54)55)35(60)49-26(17-52)37(62)44-21(7)33(58)50-32(20(6)11-3)40(65)51-31(19(5)10-2)39(64)48-25(16-27(42)53)36(61)45-22(8)41(66)67/h18-26,30-32,52H,9-17,43H2,1-8H3,(H2,42,53)(H,44,62)(H,45,61)(H,46,59)(H,47,63)(H,48,64)(H,49,60)(H,50,58)(H,51,65)(H,54,55)(H,56,57)(H,66,67)/t18-,19-,20-,21-,22-,23-,24-,25-,26-,30-,31-,32-/m0/s1. The number of carbonyl (C=O) groups excluding carboxylic acids is 9. The molecule has 0 unspecified atom stereocenters. The van der Waals surface area contributed by atoms with Crippen LogP contribution in [-0.2, 0) is 57.5 Å². The van der Waals surface area contributed by atoms with Crippen molar-refractivity contribution in [2.45, 2.75) is 161 Å². The second-order valence-electron chi connectivity index (χ2n) is 16.4. The van der Waals surface area contributed by atoms with E-state index in [0.29, 0.717) is 19.3 Å². The van der Waals surface area contributed by atoms with Crippen molar-refractivity contribution in [3.8, 4) is 0 Å². The molecule has 0 aliphatic heterocycles. The van der Waals surface area contributed by atoms with Crippen LogP contribution < -0.4 is 54.0 Å². The molecular formula is C41H70N10O16. The highest BCUT2D eigenvalue weighted by atomic mass is 16.4. The van der Waals surface area contributed by atoms with Gasteiger partial charge >= 0.3 is 17.9 Å². The Labute approximate surface area is 388 Å². The van der Waals surface area contributed by atoms with Gasteiger partial charge in [-0.25, -0.2) is 0 Å². The Morgan fingerprint density at radius 2 is 0.806 bits per heavy atom. The molecule has 0 aromatic rings. The average molecular weight is 959 g/mol. The second kappa shape index (κ2) is 30.0. The fourth-order valence-electron chi connectivity index (χ4n) is 5.94. The minimum Gasteiger partial charge on any atom is -0.481 e. The molecule has 67 heavy (non-hydrogen) atoms. The molecule has 0 aliphatic carbocycles. The third kappa shape index (κ3) is 21.6. The number of aliphatic hydroxyl groups is 1. The highest BCUT2D eigenvalue weighted by molar-refractivity contribution is 5.99. The molecule has 26 heteroatoms. The fraction of sp³-hybridized carbons (Fsp3) is 0.707. The van der Waals surface area contributed by atoms with E-state index in [9.17, 15) is 78.0 Å². The van der Waals surface area contributed by atoms with Gasteiger partial charge in [0.25, 0.3) is 0 Å². The van der Waals surface area contributed by atoms with Crippen LogP contribution in [0.1, 0.15) is 107 Å². The van der Waals surface area contributed by atoms with Gasteiger partial charge in [-0.2, -0.15) is 0 Å². The fourth-order valence-corrected chi connectivity index (χ4v) is 5.94. The van der Waals surface area contributed by atoms with Crippen LogP contribution in [0, 0.1) is 17.8 Å². The van der Waals surface area contributed by atoms with Crippen molar-refractivity contribution in [3.05, 3.63) is 0 Å². The summed E-state index contributed by atoms with van der Waals surface area (Å²) in [6, 6.07) is -13.3. The van der Waals surface area contributed by atoms with Crippen molar-refractivity contribution in [2.75, 3.05) is 6.61 Å². The number of hydrogen-bond donors (Lipinski definition) is 14. The lowest BCUT2D eigenvalue weighted by molar-refractivity contribution is -0.142. The predicted molar refractivity (Wildman–Crippen MR) is 235 cm³/mol. The van der Waals surface area contributed by atoms with Gasteiger partial charge in [0.2, 0.25) is 53.2 Å². The Bertz CT molecular complexity index is 1780. The lowest BCUT2D eigenvalue weighted by Gasteiger charge is -2.30. The molecule has 9 amide bonds. The Hall–Kier alpha value is -6.44. The maximum Gasteiger partial charge on any atom is 0.325 e. The van der Waals surface area contributed by atoms with Crippen LogP contribution in [0.25, 0.3) is 0 Å². The first-order valence-corrected chi connectivity index (χ1v) is 21.9. The lowest BCUT2D eigenvalue weighted by atomic mass is 9.94. The van der Waals surface area contributed by atoms with Crippen LogP contribution in [0.5, 0.6) is 0 Å². The third-order valence-electron chi connectivity index (χ3n) is 11.0. The number of nitrogens with one attached hydrogen (secondary N) is 8. The maximum atomic E-state index is 13.8. The van der Waals surface area contributed by atoms with E-state index in [1.165, 1.54) is 6.92 Å². The van der Waals surface area contributed by atoms with Crippen LogP contribution in [0.4, 0.5) is 0 Å². The number of nitrogens with two attached hydrogens (primary N) is 2. The summed E-state index contributed by atoms with van der Waals surface area (Å²) in [5, 5.41) is 56.4. The molecule has 0 bridgehead atoms. The number of carboxylic acid groups (broad SMARTS) is 3. The number of aliphatic hydroxyl groups excluding tert-OH is 1. The maximum absolute atomic E-state index is 13.8. The average Bonchev–Trinajstić information content (AvgIpc) is 3.26. The van der Waals surface area contributed by atoms with Crippen LogP contribution >= 0.6 is 0 Å². The predicted octanol–water partition coefficient (Wildman–Crippen LogP) is -3.95. The smallest absolute Gasteiger partial charge is 0.325 e. The Morgan fingerprint density at radius 3 is 1.21 bits per heavy atom. The van der Waals surface area contributed by atoms with Gasteiger partial charge in [0, 0.05) is 12.8 Å². The van der Waals surface area contributed by atoms with E-state index < -0.39 is 176 Å². The summed E-state index contributed by atoms with van der Waals surface area (Å²) >= 11 is 0. The zero-order valence-corrected chi connectivity index (χ0v) is 39.1. The highest BCUT2D eigenvalue weighted by Gasteiger charge is 2.37. The molecule has 16 N–H and O–H groups in total. The van der Waals surface area contributed by atoms with E-state index in [2.05, 4.69) is 42.5 Å². The molecule has 0 spiro atoms. The number of amides is 9. The first-order valence-electron chi connectivity index (χ1n) is 21.9. The number of carbonyl (C=O) groups is 12. The van der Waals surface area contributed by atoms with Crippen molar-refractivity contribution < 1.29 is 78.0 Å². The summed E-state index contributed by atoms with van der Waals surface area (Å²) in [6.45, 7) is 11.3. The normalized spacial score (nSPS) is 16.4. The zero-order chi connectivity index (χ0) is 51.9. The van der Waals surface area contributed by atoms with E-state index in [-0.39, 0.29) is 5.92 Å². The molecule has 0 saturated carbocycles. The van der Waals surface area contributed by atoms with Crippen LogP contribution in [0.3, 0.4) is 0 Å². The number of rotatable bonds is 32. The second-order valence-corrected chi connectivity index (χ2v) is 16.4. The minimum absolute atomic E-state index is 0.304. The van der Waals surface area contributed by atoms with Crippen molar-refractivity contribution in [3.63, 3.8) is 0 Å². The molecule has 0 saturated heterocycles. The minimum atomic E-state index is -1.81. The lowest BCUT2D eigenvalue weighted by Crippen LogP contribution is -2.62. The first kappa shape index (κ1) is 60.6. The van der Waals surface area contributed by atoms with E-state index in [1.54, 1.807) is 41.5 Å². The van der Waals surface area contributed by atoms with E-state index >= 15 is 0 Å². The van der Waals surface area contributed by atoms with Crippen molar-refractivity contribution in [2.24, 2.45) is 29.2 Å². The van der Waals surface area contributed by atoms with Gasteiger partial charge in [0.05, 0.1) is 19.1 Å². The SMILES string of the molecule is CC[C@H](C)[C@H](N)C(=O)N[C@@H](CCC(=O)O)C(=O)N[C@@H](CCC(=O)O)C(=O)N[C@@H](CO)C(=O)N[C@@H](C)C(=O)N[C@H](C(=O)N[C@H](C(=O)N[C@@H](CC(N)=O)C(=O)N[C@@H](C)C(=O)O)[C@@H](C)CC)[C@@H](C)CC. The molecule has 0 heterocycles. The number of aliphatic carboxylic acids is 3. The highest BCUT2D eigenvalue weighted by Crippen LogP contribution is 2.14. The summed E-state index contributed by atoms with van der Waals surface area (Å²) in [6.07, 6.45) is -1.91. The number of primary amides is 1. The molecule has 26 nitrogen and oxygen atoms in total. The van der Waals surface area contributed by atoms with Crippen LogP contribution in [-0.4, -0.2) is 152 Å². The molecule has 0 aromatic carbocycles. The summed E-state index contributed by atoms with van der Waals surface area (Å²) in [5.74, 6) is -14.6. The van der Waals surface area contributed by atoms with E-state index in [4.69, 9.17) is 11.5 Å². The van der Waals surface area contributed by atoms with Gasteiger partial charge in [-0.05, 0) is 44.4 Å². The summed E-state index contributed by atoms with van der Waals surface area (Å²) in [4.78, 5) is 152. The summed E-state index contributed by atoms with van der Waals surface area (Å²) in [5.41, 5.74) is 11.2. The quantitative estimate of drug-likeness (QED) is 0.0306. The van der Waals surface area contributed by atoms with Gasteiger partial charge in [-0.3, -0.25) is 57.5 Å². The topological polar surface area (TPSA) is 434 Å². The molecular weight excluding hydrogens is 889 g/mol. The van der Waals surface area contributed by atoms with Gasteiger partial charge in [0.15, 0.2) is 0 Å². The summed E-state index contributed by atoms with van der Waals surface area (Å²) < 4.78 is 0. The van der Waals surface area contributed by atoms with Crippen LogP contribution in [0.15, 0.2) is 0 Å². The van der Waals surface area contributed by atoms with Gasteiger partial charge in [0.1, 0.15) is 48.3 Å². The van der Waals surface area contributed by atoms with E-state index in [1.807, 2.05) is 0 Å². The largest absolute Gasteiger partial charge is 0.481 e. The monoisotopic (exact) mass is 958 g/mol. The molecule has 12 atom stereocenters. The van der Waals surface area contributed by atoms with Crippen molar-refractivity contribution >= 4 is 71.1 Å². The molecule has 380 valence electrons.